The van der Waals surface area contributed by atoms with E-state index in [9.17, 15) is 0 Å². The minimum Gasteiger partial charge on any atom is -0.373 e. The van der Waals surface area contributed by atoms with Crippen LogP contribution in [0.15, 0.2) is 57.5 Å². The van der Waals surface area contributed by atoms with Crippen LogP contribution in [0.1, 0.15) is 5.56 Å². The Bertz CT molecular complexity index is 582. The first-order chi connectivity index (χ1) is 8.75. The first-order valence-electron chi connectivity index (χ1n) is 5.48. The van der Waals surface area contributed by atoms with Gasteiger partial charge in [-0.1, -0.05) is 46.0 Å². The average molecular weight is 365 g/mol. The van der Waals surface area contributed by atoms with Crippen molar-refractivity contribution in [2.24, 2.45) is 0 Å². The molecule has 0 unspecified atom stereocenters. The second-order valence-electron chi connectivity index (χ2n) is 3.65. The number of anilines is 1. The lowest BCUT2D eigenvalue weighted by atomic mass is 10.2. The fourth-order valence-corrected chi connectivity index (χ4v) is 2.63. The molecule has 0 saturated carbocycles. The molecule has 0 bridgehead atoms. The van der Waals surface area contributed by atoms with Crippen LogP contribution in [0.25, 0.3) is 0 Å². The van der Waals surface area contributed by atoms with Gasteiger partial charge < -0.3 is 5.32 Å². The Morgan fingerprint density at radius 1 is 1.00 bits per heavy atom. The number of hydrogen-bond acceptors (Lipinski definition) is 1. The molecule has 18 heavy (non-hydrogen) atoms. The molecule has 0 amide bonds. The highest BCUT2D eigenvalue weighted by Gasteiger charge is 1.97. The minimum absolute atomic E-state index is 0.620. The third kappa shape index (κ3) is 3.90. The lowest BCUT2D eigenvalue weighted by Crippen LogP contribution is -1.99. The molecule has 0 fully saturated rings. The molecule has 0 atom stereocenters. The molecular formula is C15H11Br2N. The van der Waals surface area contributed by atoms with E-state index < -0.39 is 0 Å². The molecule has 0 aliphatic heterocycles. The second-order valence-corrected chi connectivity index (χ2v) is 5.42. The van der Waals surface area contributed by atoms with E-state index >= 15 is 0 Å². The van der Waals surface area contributed by atoms with Crippen LogP contribution in [0.3, 0.4) is 0 Å². The Morgan fingerprint density at radius 3 is 2.50 bits per heavy atom. The number of benzene rings is 2. The lowest BCUT2D eigenvalue weighted by Gasteiger charge is -2.05. The standard InChI is InChI=1S/C15H11Br2N/c16-13-8-9-15(14(17)11-13)18-10-4-7-12-5-2-1-3-6-12/h1-3,5-6,8-9,11,18H,10H2. The third-order valence-electron chi connectivity index (χ3n) is 2.30. The summed E-state index contributed by atoms with van der Waals surface area (Å²) in [4.78, 5) is 0. The maximum absolute atomic E-state index is 3.50. The van der Waals surface area contributed by atoms with Gasteiger partial charge in [0.2, 0.25) is 0 Å². The van der Waals surface area contributed by atoms with Crippen molar-refractivity contribution in [1.29, 1.82) is 0 Å². The molecule has 1 nitrogen and oxygen atoms in total. The molecule has 2 aromatic rings. The first kappa shape index (κ1) is 13.2. The van der Waals surface area contributed by atoms with Crippen molar-refractivity contribution in [3.63, 3.8) is 0 Å². The predicted molar refractivity (Wildman–Crippen MR) is 83.7 cm³/mol. The zero-order chi connectivity index (χ0) is 12.8. The van der Waals surface area contributed by atoms with Crippen molar-refractivity contribution in [2.45, 2.75) is 0 Å². The topological polar surface area (TPSA) is 12.0 Å². The highest BCUT2D eigenvalue weighted by molar-refractivity contribution is 9.11. The molecule has 3 heteroatoms. The first-order valence-corrected chi connectivity index (χ1v) is 7.07. The molecule has 90 valence electrons. The van der Waals surface area contributed by atoms with E-state index in [4.69, 9.17) is 0 Å². The molecule has 0 saturated heterocycles. The number of rotatable bonds is 2. The van der Waals surface area contributed by atoms with E-state index in [1.165, 1.54) is 0 Å². The van der Waals surface area contributed by atoms with Crippen molar-refractivity contribution in [3.05, 3.63) is 63.0 Å². The van der Waals surface area contributed by atoms with Gasteiger partial charge in [-0.3, -0.25) is 0 Å². The van der Waals surface area contributed by atoms with E-state index in [0.29, 0.717) is 6.54 Å². The lowest BCUT2D eigenvalue weighted by molar-refractivity contribution is 1.36. The molecule has 0 spiro atoms. The van der Waals surface area contributed by atoms with Crippen molar-refractivity contribution in [1.82, 2.24) is 0 Å². The van der Waals surface area contributed by atoms with E-state index in [1.807, 2.05) is 48.5 Å². The summed E-state index contributed by atoms with van der Waals surface area (Å²) in [6.45, 7) is 0.620. The molecule has 0 heterocycles. The van der Waals surface area contributed by atoms with Crippen molar-refractivity contribution >= 4 is 37.5 Å². The summed E-state index contributed by atoms with van der Waals surface area (Å²) >= 11 is 6.93. The zero-order valence-electron chi connectivity index (χ0n) is 9.58. The minimum atomic E-state index is 0.620. The summed E-state index contributed by atoms with van der Waals surface area (Å²) in [5, 5.41) is 3.27. The normalized spacial score (nSPS) is 9.44. The Balaban J connectivity index is 1.95. The number of nitrogens with one attached hydrogen (secondary N) is 1. The van der Waals surface area contributed by atoms with Crippen LogP contribution in [0, 0.1) is 11.8 Å². The van der Waals surface area contributed by atoms with Gasteiger partial charge >= 0.3 is 0 Å². The quantitative estimate of drug-likeness (QED) is 0.763. The molecule has 0 radical (unpaired) electrons. The molecule has 0 aromatic heterocycles. The van der Waals surface area contributed by atoms with Crippen LogP contribution < -0.4 is 5.32 Å². The highest BCUT2D eigenvalue weighted by atomic mass is 79.9. The van der Waals surface area contributed by atoms with Crippen molar-refractivity contribution in [3.8, 4) is 11.8 Å². The van der Waals surface area contributed by atoms with Gasteiger partial charge in [-0.05, 0) is 46.3 Å². The Morgan fingerprint density at radius 2 is 1.78 bits per heavy atom. The SMILES string of the molecule is Brc1ccc(NCC#Cc2ccccc2)c(Br)c1. The zero-order valence-corrected chi connectivity index (χ0v) is 12.8. The van der Waals surface area contributed by atoms with Gasteiger partial charge in [-0.25, -0.2) is 0 Å². The fraction of sp³-hybridized carbons (Fsp3) is 0.0667. The van der Waals surface area contributed by atoms with Crippen molar-refractivity contribution in [2.75, 3.05) is 11.9 Å². The summed E-state index contributed by atoms with van der Waals surface area (Å²) < 4.78 is 2.08. The van der Waals surface area contributed by atoms with E-state index in [0.717, 1.165) is 20.2 Å². The van der Waals surface area contributed by atoms with Crippen LogP contribution in [0.2, 0.25) is 0 Å². The van der Waals surface area contributed by atoms with Crippen LogP contribution >= 0.6 is 31.9 Å². The summed E-state index contributed by atoms with van der Waals surface area (Å²) in [5.74, 6) is 6.21. The third-order valence-corrected chi connectivity index (χ3v) is 3.45. The van der Waals surface area contributed by atoms with E-state index in [2.05, 4.69) is 49.0 Å². The smallest absolute Gasteiger partial charge is 0.0770 e. The van der Waals surface area contributed by atoms with Gasteiger partial charge in [0, 0.05) is 20.2 Å². The predicted octanol–water partition coefficient (Wildman–Crippen LogP) is 4.68. The fourth-order valence-electron chi connectivity index (χ4n) is 1.44. The molecule has 2 rings (SSSR count). The molecular weight excluding hydrogens is 354 g/mol. The maximum Gasteiger partial charge on any atom is 0.0770 e. The number of halogens is 2. The molecule has 0 aliphatic rings. The van der Waals surface area contributed by atoms with Gasteiger partial charge in [0.1, 0.15) is 0 Å². The van der Waals surface area contributed by atoms with E-state index in [-0.39, 0.29) is 0 Å². The molecule has 1 N–H and O–H groups in total. The summed E-state index contributed by atoms with van der Waals surface area (Å²) in [5.41, 5.74) is 2.08. The summed E-state index contributed by atoms with van der Waals surface area (Å²) in [6.07, 6.45) is 0. The van der Waals surface area contributed by atoms with Gasteiger partial charge in [0.05, 0.1) is 6.54 Å². The monoisotopic (exact) mass is 363 g/mol. The Labute approximate surface area is 124 Å². The Hall–Kier alpha value is -1.24. The highest BCUT2D eigenvalue weighted by Crippen LogP contribution is 2.25. The largest absolute Gasteiger partial charge is 0.373 e. The van der Waals surface area contributed by atoms with Gasteiger partial charge in [-0.15, -0.1) is 0 Å². The van der Waals surface area contributed by atoms with Crippen LogP contribution in [0.4, 0.5) is 5.69 Å². The molecule has 0 aliphatic carbocycles. The van der Waals surface area contributed by atoms with Gasteiger partial charge in [0.15, 0.2) is 0 Å². The van der Waals surface area contributed by atoms with Gasteiger partial charge in [-0.2, -0.15) is 0 Å². The van der Waals surface area contributed by atoms with Crippen molar-refractivity contribution < 1.29 is 0 Å². The summed E-state index contributed by atoms with van der Waals surface area (Å²) in [6, 6.07) is 16.0. The van der Waals surface area contributed by atoms with E-state index in [1.54, 1.807) is 0 Å². The summed E-state index contributed by atoms with van der Waals surface area (Å²) in [7, 11) is 0. The Kier molecular flexibility index (Phi) is 4.86. The molecule has 2 aromatic carbocycles. The number of hydrogen-bond donors (Lipinski definition) is 1. The van der Waals surface area contributed by atoms with Crippen LogP contribution in [0.5, 0.6) is 0 Å². The van der Waals surface area contributed by atoms with Crippen LogP contribution in [-0.4, -0.2) is 6.54 Å². The maximum atomic E-state index is 3.50. The van der Waals surface area contributed by atoms with Gasteiger partial charge in [0.25, 0.3) is 0 Å². The average Bonchev–Trinajstić information content (AvgIpc) is 2.38. The van der Waals surface area contributed by atoms with Crippen LogP contribution in [-0.2, 0) is 0 Å². The second kappa shape index (κ2) is 6.63.